The van der Waals surface area contributed by atoms with Crippen LogP contribution in [0.4, 0.5) is 4.39 Å². The molecular formula is C22H14FNO4. The van der Waals surface area contributed by atoms with Crippen LogP contribution in [-0.4, -0.2) is 23.5 Å². The minimum absolute atomic E-state index is 0.147. The summed E-state index contributed by atoms with van der Waals surface area (Å²) >= 11 is 0. The zero-order chi connectivity index (χ0) is 19.5. The minimum Gasteiger partial charge on any atom is -0.454 e. The summed E-state index contributed by atoms with van der Waals surface area (Å²) in [6.07, 6.45) is 0. The van der Waals surface area contributed by atoms with Crippen LogP contribution in [0.3, 0.4) is 0 Å². The number of ether oxygens (including phenoxy) is 1. The number of fused-ring (bicyclic) bond motifs is 1. The zero-order valence-corrected chi connectivity index (χ0v) is 14.6. The van der Waals surface area contributed by atoms with Crippen molar-refractivity contribution in [3.63, 3.8) is 0 Å². The summed E-state index contributed by atoms with van der Waals surface area (Å²) in [7, 11) is 0. The second-order valence-electron chi connectivity index (χ2n) is 6.12. The Hall–Kier alpha value is -3.80. The highest BCUT2D eigenvalue weighted by Crippen LogP contribution is 2.29. The molecule has 138 valence electrons. The first-order valence-corrected chi connectivity index (χ1v) is 8.52. The summed E-state index contributed by atoms with van der Waals surface area (Å²) in [5.41, 5.74) is 1.84. The molecule has 0 amide bonds. The third-order valence-corrected chi connectivity index (χ3v) is 4.23. The molecule has 0 aliphatic carbocycles. The number of carbonyl (C=O) groups is 2. The first kappa shape index (κ1) is 17.6. The topological polar surface area (TPSA) is 69.4 Å². The molecule has 3 aromatic carbocycles. The van der Waals surface area contributed by atoms with Crippen LogP contribution in [-0.2, 0) is 4.74 Å². The number of Topliss-reactive ketones (excluding diaryl/α,β-unsaturated/α-hetero) is 1. The predicted molar refractivity (Wildman–Crippen MR) is 100 cm³/mol. The second-order valence-corrected chi connectivity index (χ2v) is 6.12. The standard InChI is InChI=1S/C22H14FNO4/c23-17-8-4-7-15(11-17)20(25)13-27-22(26)16-9-10-19-18(12-16)21(28-24-19)14-5-2-1-3-6-14/h1-12H,13H2. The van der Waals surface area contributed by atoms with Gasteiger partial charge in [0.25, 0.3) is 0 Å². The molecule has 0 bridgehead atoms. The van der Waals surface area contributed by atoms with Gasteiger partial charge in [0.1, 0.15) is 11.3 Å². The fourth-order valence-corrected chi connectivity index (χ4v) is 2.83. The quantitative estimate of drug-likeness (QED) is 0.374. The number of hydrogen-bond donors (Lipinski definition) is 0. The van der Waals surface area contributed by atoms with Crippen molar-refractivity contribution in [1.29, 1.82) is 0 Å². The number of benzene rings is 3. The van der Waals surface area contributed by atoms with Crippen LogP contribution in [0, 0.1) is 5.82 Å². The highest BCUT2D eigenvalue weighted by atomic mass is 19.1. The average Bonchev–Trinajstić information content (AvgIpc) is 3.15. The fourth-order valence-electron chi connectivity index (χ4n) is 2.83. The summed E-state index contributed by atoms with van der Waals surface area (Å²) in [6, 6.07) is 19.4. The van der Waals surface area contributed by atoms with Gasteiger partial charge in [0.2, 0.25) is 0 Å². The van der Waals surface area contributed by atoms with E-state index < -0.39 is 24.2 Å². The number of rotatable bonds is 5. The molecule has 1 aromatic heterocycles. The molecular weight excluding hydrogens is 361 g/mol. The van der Waals surface area contributed by atoms with Crippen LogP contribution in [0.1, 0.15) is 20.7 Å². The van der Waals surface area contributed by atoms with Gasteiger partial charge in [-0.05, 0) is 30.3 Å². The lowest BCUT2D eigenvalue weighted by Gasteiger charge is -2.05. The number of ketones is 1. The minimum atomic E-state index is -0.660. The molecule has 0 saturated heterocycles. The average molecular weight is 375 g/mol. The Balaban J connectivity index is 1.54. The normalized spacial score (nSPS) is 10.8. The Kier molecular flexibility index (Phi) is 4.68. The molecule has 0 aliphatic heterocycles. The maximum atomic E-state index is 13.2. The Labute approximate surface area is 159 Å². The molecule has 0 atom stereocenters. The molecule has 0 spiro atoms. The molecule has 0 unspecified atom stereocenters. The number of halogens is 1. The summed E-state index contributed by atoms with van der Waals surface area (Å²) in [5.74, 6) is -1.12. The Morgan fingerprint density at radius 1 is 0.929 bits per heavy atom. The molecule has 6 heteroatoms. The number of carbonyl (C=O) groups excluding carboxylic acids is 2. The third-order valence-electron chi connectivity index (χ3n) is 4.23. The highest BCUT2D eigenvalue weighted by Gasteiger charge is 2.16. The highest BCUT2D eigenvalue weighted by molar-refractivity contribution is 6.01. The van der Waals surface area contributed by atoms with Crippen molar-refractivity contribution >= 4 is 22.7 Å². The molecule has 4 rings (SSSR count). The first-order valence-electron chi connectivity index (χ1n) is 8.52. The summed E-state index contributed by atoms with van der Waals surface area (Å²) in [4.78, 5) is 24.4. The van der Waals surface area contributed by atoms with Gasteiger partial charge in [0.15, 0.2) is 18.2 Å². The lowest BCUT2D eigenvalue weighted by Crippen LogP contribution is -2.14. The van der Waals surface area contributed by atoms with Crippen molar-refractivity contribution in [2.45, 2.75) is 0 Å². The molecule has 0 saturated carbocycles. The van der Waals surface area contributed by atoms with Gasteiger partial charge in [-0.3, -0.25) is 4.79 Å². The van der Waals surface area contributed by atoms with E-state index in [2.05, 4.69) is 5.16 Å². The van der Waals surface area contributed by atoms with Crippen molar-refractivity contribution < 1.29 is 23.2 Å². The first-order chi connectivity index (χ1) is 13.6. The van der Waals surface area contributed by atoms with Crippen molar-refractivity contribution in [3.05, 3.63) is 89.7 Å². The lowest BCUT2D eigenvalue weighted by atomic mass is 10.1. The molecule has 0 aliphatic rings. The van der Waals surface area contributed by atoms with E-state index in [-0.39, 0.29) is 11.1 Å². The molecule has 4 aromatic rings. The van der Waals surface area contributed by atoms with E-state index in [1.165, 1.54) is 18.2 Å². The van der Waals surface area contributed by atoms with Crippen LogP contribution in [0.25, 0.3) is 22.2 Å². The van der Waals surface area contributed by atoms with Crippen LogP contribution in [0.5, 0.6) is 0 Å². The molecule has 0 fully saturated rings. The summed E-state index contributed by atoms with van der Waals surface area (Å²) in [5, 5.41) is 4.66. The maximum absolute atomic E-state index is 13.2. The van der Waals surface area contributed by atoms with Crippen molar-refractivity contribution in [2.75, 3.05) is 6.61 Å². The predicted octanol–water partition coefficient (Wildman–Crippen LogP) is 4.67. The van der Waals surface area contributed by atoms with E-state index in [1.807, 2.05) is 30.3 Å². The number of aromatic nitrogens is 1. The molecule has 0 radical (unpaired) electrons. The van der Waals surface area contributed by atoms with Gasteiger partial charge in [-0.15, -0.1) is 0 Å². The largest absolute Gasteiger partial charge is 0.454 e. The van der Waals surface area contributed by atoms with Crippen LogP contribution in [0.15, 0.2) is 77.3 Å². The van der Waals surface area contributed by atoms with Crippen LogP contribution >= 0.6 is 0 Å². The summed E-state index contributed by atoms with van der Waals surface area (Å²) in [6.45, 7) is -0.477. The second kappa shape index (κ2) is 7.44. The van der Waals surface area contributed by atoms with Crippen LogP contribution in [0.2, 0.25) is 0 Å². The monoisotopic (exact) mass is 375 g/mol. The zero-order valence-electron chi connectivity index (χ0n) is 14.6. The molecule has 28 heavy (non-hydrogen) atoms. The van der Waals surface area contributed by atoms with Gasteiger partial charge in [-0.25, -0.2) is 9.18 Å². The Morgan fingerprint density at radius 2 is 1.75 bits per heavy atom. The van der Waals surface area contributed by atoms with Crippen LogP contribution < -0.4 is 0 Å². The van der Waals surface area contributed by atoms with Gasteiger partial charge in [0.05, 0.1) is 10.9 Å². The van der Waals surface area contributed by atoms with E-state index in [4.69, 9.17) is 9.26 Å². The smallest absolute Gasteiger partial charge is 0.338 e. The number of nitrogens with zero attached hydrogens (tertiary/aromatic N) is 1. The van der Waals surface area contributed by atoms with E-state index >= 15 is 0 Å². The third kappa shape index (κ3) is 3.53. The number of hydrogen-bond acceptors (Lipinski definition) is 5. The van der Waals surface area contributed by atoms with Crippen molar-refractivity contribution in [3.8, 4) is 11.3 Å². The Morgan fingerprint density at radius 3 is 2.54 bits per heavy atom. The maximum Gasteiger partial charge on any atom is 0.338 e. The van der Waals surface area contributed by atoms with Gasteiger partial charge in [0, 0.05) is 11.1 Å². The van der Waals surface area contributed by atoms with Crippen molar-refractivity contribution in [1.82, 2.24) is 5.16 Å². The van der Waals surface area contributed by atoms with E-state index in [0.717, 1.165) is 11.6 Å². The Bertz CT molecular complexity index is 1170. The fraction of sp³-hybridized carbons (Fsp3) is 0.0455. The lowest BCUT2D eigenvalue weighted by molar-refractivity contribution is 0.0475. The molecule has 0 N–H and O–H groups in total. The van der Waals surface area contributed by atoms with Crippen molar-refractivity contribution in [2.24, 2.45) is 0 Å². The van der Waals surface area contributed by atoms with Gasteiger partial charge >= 0.3 is 5.97 Å². The van der Waals surface area contributed by atoms with Gasteiger partial charge < -0.3 is 9.26 Å². The van der Waals surface area contributed by atoms with E-state index in [0.29, 0.717) is 16.7 Å². The summed E-state index contributed by atoms with van der Waals surface area (Å²) < 4.78 is 23.7. The van der Waals surface area contributed by atoms with E-state index in [9.17, 15) is 14.0 Å². The SMILES string of the molecule is O=C(COC(=O)c1ccc2noc(-c3ccccc3)c2c1)c1cccc(F)c1. The van der Waals surface area contributed by atoms with Gasteiger partial charge in [-0.1, -0.05) is 47.6 Å². The molecule has 5 nitrogen and oxygen atoms in total. The molecule has 1 heterocycles. The number of esters is 1. The van der Waals surface area contributed by atoms with E-state index in [1.54, 1.807) is 18.2 Å². The van der Waals surface area contributed by atoms with Gasteiger partial charge in [-0.2, -0.15) is 0 Å².